The number of nitrogens with two attached hydrogens (primary N) is 1. The van der Waals surface area contributed by atoms with Gasteiger partial charge >= 0.3 is 5.97 Å². The number of hydrogen-bond donors (Lipinski definition) is 2. The number of carbonyl (C=O) groups is 1. The Kier molecular flexibility index (Phi) is 2.62. The molecule has 0 amide bonds. The van der Waals surface area contributed by atoms with Gasteiger partial charge in [0.15, 0.2) is 0 Å². The fraction of sp³-hybridized carbons (Fsp3) is 0. The molecule has 16 heavy (non-hydrogen) atoms. The van der Waals surface area contributed by atoms with E-state index in [4.69, 9.17) is 10.8 Å². The summed E-state index contributed by atoms with van der Waals surface area (Å²) >= 11 is 1.18. The number of thiophene rings is 1. The average Bonchev–Trinajstić information content (AvgIpc) is 2.61. The molecule has 0 unspecified atom stereocenters. The molecule has 0 saturated heterocycles. The normalized spacial score (nSPS) is 10.3. The van der Waals surface area contributed by atoms with Crippen LogP contribution in [0.5, 0.6) is 0 Å². The van der Waals surface area contributed by atoms with Crippen molar-refractivity contribution in [2.45, 2.75) is 0 Å². The van der Waals surface area contributed by atoms with Crippen molar-refractivity contribution in [1.82, 2.24) is 0 Å². The lowest BCUT2D eigenvalue weighted by molar-refractivity contribution is 0.0698. The lowest BCUT2D eigenvalue weighted by Gasteiger charge is -1.95. The summed E-state index contributed by atoms with van der Waals surface area (Å²) in [5.41, 5.74) is 6.42. The molecule has 0 aliphatic rings. The average molecular weight is 237 g/mol. The maximum absolute atomic E-state index is 12.7. The van der Waals surface area contributed by atoms with E-state index in [2.05, 4.69) is 0 Å². The minimum atomic E-state index is -1.05. The SMILES string of the molecule is Nc1sc(-c2ccc(F)cc2)cc1C(=O)O. The molecule has 2 rings (SSSR count). The quantitative estimate of drug-likeness (QED) is 0.844. The molecule has 0 bridgehead atoms. The molecular formula is C11H8FNO2S. The van der Waals surface area contributed by atoms with E-state index in [1.54, 1.807) is 12.1 Å². The van der Waals surface area contributed by atoms with Gasteiger partial charge in [0.2, 0.25) is 0 Å². The molecular weight excluding hydrogens is 229 g/mol. The summed E-state index contributed by atoms with van der Waals surface area (Å²) < 4.78 is 12.7. The Labute approximate surface area is 95.0 Å². The van der Waals surface area contributed by atoms with Crippen LogP contribution in [0.2, 0.25) is 0 Å². The number of hydrogen-bond acceptors (Lipinski definition) is 3. The van der Waals surface area contributed by atoms with Gasteiger partial charge in [-0.25, -0.2) is 9.18 Å². The topological polar surface area (TPSA) is 63.3 Å². The van der Waals surface area contributed by atoms with Gasteiger partial charge in [0.1, 0.15) is 10.8 Å². The minimum absolute atomic E-state index is 0.0873. The summed E-state index contributed by atoms with van der Waals surface area (Å²) in [6.07, 6.45) is 0. The molecule has 3 N–H and O–H groups in total. The zero-order valence-corrected chi connectivity index (χ0v) is 8.92. The number of rotatable bonds is 2. The molecule has 82 valence electrons. The molecule has 0 fully saturated rings. The van der Waals surface area contributed by atoms with Crippen LogP contribution >= 0.6 is 11.3 Å². The Balaban J connectivity index is 2.45. The maximum atomic E-state index is 12.7. The first-order chi connectivity index (χ1) is 7.58. The second-order valence-corrected chi connectivity index (χ2v) is 4.28. The number of halogens is 1. The van der Waals surface area contributed by atoms with Crippen molar-refractivity contribution in [3.05, 3.63) is 41.7 Å². The molecule has 0 spiro atoms. The first-order valence-corrected chi connectivity index (χ1v) is 5.28. The summed E-state index contributed by atoms with van der Waals surface area (Å²) in [5.74, 6) is -1.38. The van der Waals surface area contributed by atoms with Crippen LogP contribution in [0.25, 0.3) is 10.4 Å². The summed E-state index contributed by atoms with van der Waals surface area (Å²) in [7, 11) is 0. The lowest BCUT2D eigenvalue weighted by Crippen LogP contribution is -1.97. The van der Waals surface area contributed by atoms with Crippen LogP contribution in [-0.4, -0.2) is 11.1 Å². The van der Waals surface area contributed by atoms with Gasteiger partial charge in [-0.2, -0.15) is 0 Å². The third kappa shape index (κ3) is 1.90. The Morgan fingerprint density at radius 1 is 1.31 bits per heavy atom. The van der Waals surface area contributed by atoms with Crippen molar-refractivity contribution >= 4 is 22.3 Å². The van der Waals surface area contributed by atoms with Gasteiger partial charge in [-0.3, -0.25) is 0 Å². The largest absolute Gasteiger partial charge is 0.478 e. The van der Waals surface area contributed by atoms with Crippen LogP contribution in [0.1, 0.15) is 10.4 Å². The van der Waals surface area contributed by atoms with Gasteiger partial charge in [-0.1, -0.05) is 12.1 Å². The van der Waals surface area contributed by atoms with E-state index >= 15 is 0 Å². The molecule has 2 aromatic rings. The third-order valence-electron chi connectivity index (χ3n) is 2.12. The summed E-state index contributed by atoms with van der Waals surface area (Å²) in [4.78, 5) is 11.5. The van der Waals surface area contributed by atoms with E-state index in [-0.39, 0.29) is 16.4 Å². The second kappa shape index (κ2) is 3.94. The number of aromatic carboxylic acids is 1. The monoisotopic (exact) mass is 237 g/mol. The first-order valence-electron chi connectivity index (χ1n) is 4.46. The Bertz CT molecular complexity index is 533. The highest BCUT2D eigenvalue weighted by atomic mass is 32.1. The standard InChI is InChI=1S/C11H8FNO2S/c12-7-3-1-6(2-4-7)9-5-8(11(14)15)10(13)16-9/h1-5H,13H2,(H,14,15). The summed E-state index contributed by atoms with van der Waals surface area (Å²) in [6, 6.07) is 7.32. The van der Waals surface area contributed by atoms with Crippen LogP contribution in [-0.2, 0) is 0 Å². The van der Waals surface area contributed by atoms with Crippen LogP contribution < -0.4 is 5.73 Å². The highest BCUT2D eigenvalue weighted by molar-refractivity contribution is 7.19. The first kappa shape index (κ1) is 10.6. The fourth-order valence-corrected chi connectivity index (χ4v) is 2.25. The fourth-order valence-electron chi connectivity index (χ4n) is 1.33. The van der Waals surface area contributed by atoms with Crippen LogP contribution in [0.4, 0.5) is 9.39 Å². The maximum Gasteiger partial charge on any atom is 0.338 e. The smallest absolute Gasteiger partial charge is 0.338 e. The number of nitrogen functional groups attached to an aromatic ring is 1. The zero-order chi connectivity index (χ0) is 11.7. The van der Waals surface area contributed by atoms with Crippen molar-refractivity contribution in [2.75, 3.05) is 5.73 Å². The lowest BCUT2D eigenvalue weighted by atomic mass is 10.1. The highest BCUT2D eigenvalue weighted by Crippen LogP contribution is 2.33. The van der Waals surface area contributed by atoms with Gasteiger partial charge in [0.05, 0.1) is 5.56 Å². The predicted molar refractivity (Wildman–Crippen MR) is 61.1 cm³/mol. The molecule has 0 atom stereocenters. The van der Waals surface area contributed by atoms with Crippen LogP contribution in [0.15, 0.2) is 30.3 Å². The number of carboxylic acid groups (broad SMARTS) is 1. The molecule has 3 nitrogen and oxygen atoms in total. The molecule has 0 aliphatic carbocycles. The van der Waals surface area contributed by atoms with Gasteiger partial charge in [0.25, 0.3) is 0 Å². The number of benzene rings is 1. The van der Waals surface area contributed by atoms with Crippen LogP contribution in [0, 0.1) is 5.82 Å². The van der Waals surface area contributed by atoms with Gasteiger partial charge in [-0.05, 0) is 23.8 Å². The highest BCUT2D eigenvalue weighted by Gasteiger charge is 2.13. The zero-order valence-electron chi connectivity index (χ0n) is 8.11. The number of anilines is 1. The van der Waals surface area contributed by atoms with E-state index in [9.17, 15) is 9.18 Å². The van der Waals surface area contributed by atoms with Crippen molar-refractivity contribution in [3.63, 3.8) is 0 Å². The van der Waals surface area contributed by atoms with Gasteiger partial charge in [0, 0.05) is 4.88 Å². The third-order valence-corrected chi connectivity index (χ3v) is 3.13. The predicted octanol–water partition coefficient (Wildman–Crippen LogP) is 2.83. The van der Waals surface area contributed by atoms with E-state index in [1.807, 2.05) is 0 Å². The minimum Gasteiger partial charge on any atom is -0.478 e. The molecule has 0 saturated carbocycles. The number of carboxylic acids is 1. The molecule has 0 aliphatic heterocycles. The second-order valence-electron chi connectivity index (χ2n) is 3.20. The van der Waals surface area contributed by atoms with E-state index in [0.717, 1.165) is 10.4 Å². The van der Waals surface area contributed by atoms with E-state index in [1.165, 1.54) is 29.5 Å². The Hall–Kier alpha value is -1.88. The van der Waals surface area contributed by atoms with Crippen molar-refractivity contribution in [3.8, 4) is 10.4 Å². The molecule has 1 aromatic carbocycles. The van der Waals surface area contributed by atoms with E-state index < -0.39 is 5.97 Å². The van der Waals surface area contributed by atoms with Crippen LogP contribution in [0.3, 0.4) is 0 Å². The molecule has 1 heterocycles. The van der Waals surface area contributed by atoms with Gasteiger partial charge < -0.3 is 10.8 Å². The molecule has 0 radical (unpaired) electrons. The summed E-state index contributed by atoms with van der Waals surface area (Å²) in [6.45, 7) is 0. The van der Waals surface area contributed by atoms with Crippen molar-refractivity contribution in [1.29, 1.82) is 0 Å². The molecule has 1 aromatic heterocycles. The van der Waals surface area contributed by atoms with Crippen molar-refractivity contribution < 1.29 is 14.3 Å². The molecule has 5 heteroatoms. The Morgan fingerprint density at radius 3 is 2.44 bits per heavy atom. The summed E-state index contributed by atoms with van der Waals surface area (Å²) in [5, 5.41) is 9.09. The van der Waals surface area contributed by atoms with E-state index in [0.29, 0.717) is 0 Å². The van der Waals surface area contributed by atoms with Gasteiger partial charge in [-0.15, -0.1) is 11.3 Å². The Morgan fingerprint density at radius 2 is 1.94 bits per heavy atom. The van der Waals surface area contributed by atoms with Crippen molar-refractivity contribution in [2.24, 2.45) is 0 Å².